The van der Waals surface area contributed by atoms with E-state index in [-0.39, 0.29) is 19.3 Å². The first-order valence-corrected chi connectivity index (χ1v) is 40.2. The Labute approximate surface area is 566 Å². The van der Waals surface area contributed by atoms with Crippen molar-refractivity contribution in [2.45, 2.75) is 347 Å². The van der Waals surface area contributed by atoms with Crippen molar-refractivity contribution < 1.29 is 75.8 Å². The van der Waals surface area contributed by atoms with Crippen molar-refractivity contribution in [1.29, 1.82) is 0 Å². The molecule has 0 fully saturated rings. The molecule has 0 rings (SSSR count). The number of ether oxygens (including phenoxy) is 3. The van der Waals surface area contributed by atoms with E-state index < -0.39 is 91.5 Å². The number of rotatable bonds is 71. The van der Waals surface area contributed by atoms with Crippen LogP contribution in [0.2, 0.25) is 0 Å². The molecule has 0 aromatic carbocycles. The van der Waals surface area contributed by atoms with Crippen molar-refractivity contribution in [3.05, 3.63) is 72.9 Å². The van der Waals surface area contributed by atoms with Crippen molar-refractivity contribution in [2.75, 3.05) is 39.6 Å². The second-order valence-electron chi connectivity index (χ2n) is 25.1. The van der Waals surface area contributed by atoms with Gasteiger partial charge in [-0.15, -0.1) is 0 Å². The molecule has 18 heteroatoms. The van der Waals surface area contributed by atoms with Crippen molar-refractivity contribution in [3.8, 4) is 0 Å². The molecule has 93 heavy (non-hydrogen) atoms. The fourth-order valence-corrected chi connectivity index (χ4v) is 11.7. The zero-order valence-electron chi connectivity index (χ0n) is 58.9. The molecular weight excluding hydrogens is 1220 g/mol. The van der Waals surface area contributed by atoms with Crippen LogP contribution in [0.5, 0.6) is 0 Å². The van der Waals surface area contributed by atoms with Crippen LogP contribution >= 0.6 is 15.6 Å². The summed E-state index contributed by atoms with van der Waals surface area (Å²) in [5.74, 6) is -1.58. The second-order valence-corrected chi connectivity index (χ2v) is 28.0. The molecule has 0 radical (unpaired) electrons. The molecule has 0 aliphatic rings. The molecule has 5 unspecified atom stereocenters. The van der Waals surface area contributed by atoms with Gasteiger partial charge in [0.2, 0.25) is 0 Å². The van der Waals surface area contributed by atoms with Crippen LogP contribution < -0.4 is 0 Å². The Morgan fingerprint density at radius 2 is 0.548 bits per heavy atom. The van der Waals surface area contributed by atoms with E-state index in [9.17, 15) is 43.5 Å². The predicted octanol–water partition coefficient (Wildman–Crippen LogP) is 21.1. The highest BCUT2D eigenvalue weighted by atomic mass is 31.2. The first kappa shape index (κ1) is 90.0. The van der Waals surface area contributed by atoms with E-state index in [1.54, 1.807) is 0 Å². The van der Waals surface area contributed by atoms with Crippen LogP contribution in [0.3, 0.4) is 0 Å². The zero-order chi connectivity index (χ0) is 68.1. The second kappa shape index (κ2) is 68.9. The standard InChI is InChI=1S/C75H136O16P2/c1-4-7-10-13-16-19-22-24-25-26-27-28-29-30-31-32-33-34-35-36-37-38-39-40-41-42-43-45-48-49-52-55-58-61-73(78)85-64-70(76)65-87-92(81,82)88-66-71(77)67-89-93(83,84)90-69-72(91-75(80)63-60-57-54-51-46-21-18-15-12-9-6-3)68-86-74(79)62-59-56-53-50-47-44-23-20-17-14-11-8-5-2/h15-16,18-20,23-25,27-28,30-31,70-72,76-77H,4-14,17,21-22,26,29,32-69H2,1-3H3,(H,81,82)(H,83,84)/b18-15-,19-16-,23-20-,25-24-,28-27-,31-30-. The van der Waals surface area contributed by atoms with Crippen molar-refractivity contribution in [3.63, 3.8) is 0 Å². The number of aliphatic hydroxyl groups excluding tert-OH is 2. The van der Waals surface area contributed by atoms with E-state index in [1.807, 2.05) is 0 Å². The maximum atomic E-state index is 12.8. The Morgan fingerprint density at radius 3 is 0.914 bits per heavy atom. The zero-order valence-corrected chi connectivity index (χ0v) is 60.7. The fraction of sp³-hybridized carbons (Fsp3) is 0.800. The van der Waals surface area contributed by atoms with Gasteiger partial charge >= 0.3 is 33.6 Å². The Hall–Kier alpha value is -3.01. The minimum Gasteiger partial charge on any atom is -0.463 e. The van der Waals surface area contributed by atoms with Crippen LogP contribution in [0.4, 0.5) is 0 Å². The van der Waals surface area contributed by atoms with Crippen molar-refractivity contribution >= 4 is 33.6 Å². The van der Waals surface area contributed by atoms with Gasteiger partial charge in [-0.25, -0.2) is 9.13 Å². The largest absolute Gasteiger partial charge is 0.472 e. The van der Waals surface area contributed by atoms with Gasteiger partial charge < -0.3 is 34.2 Å². The molecule has 0 saturated heterocycles. The van der Waals surface area contributed by atoms with Gasteiger partial charge in [-0.05, 0) is 109 Å². The predicted molar refractivity (Wildman–Crippen MR) is 381 cm³/mol. The average molecular weight is 1360 g/mol. The van der Waals surface area contributed by atoms with Crippen LogP contribution in [-0.2, 0) is 55.8 Å². The van der Waals surface area contributed by atoms with Crippen LogP contribution in [0.1, 0.15) is 329 Å². The van der Waals surface area contributed by atoms with Crippen molar-refractivity contribution in [2.24, 2.45) is 0 Å². The number of unbranched alkanes of at least 4 members (excludes halogenated alkanes) is 36. The molecule has 5 atom stereocenters. The highest BCUT2D eigenvalue weighted by molar-refractivity contribution is 7.47. The Bertz CT molecular complexity index is 1990. The highest BCUT2D eigenvalue weighted by Gasteiger charge is 2.29. The molecule has 0 aliphatic heterocycles. The third-order valence-electron chi connectivity index (χ3n) is 15.9. The Morgan fingerprint density at radius 1 is 0.301 bits per heavy atom. The summed E-state index contributed by atoms with van der Waals surface area (Å²) in [6, 6.07) is 0. The summed E-state index contributed by atoms with van der Waals surface area (Å²) in [7, 11) is -9.76. The maximum absolute atomic E-state index is 12.8. The van der Waals surface area contributed by atoms with Crippen molar-refractivity contribution in [1.82, 2.24) is 0 Å². The van der Waals surface area contributed by atoms with Gasteiger partial charge in [-0.1, -0.05) is 273 Å². The molecule has 0 aromatic heterocycles. The van der Waals surface area contributed by atoms with Gasteiger partial charge in [-0.3, -0.25) is 32.5 Å². The first-order chi connectivity index (χ1) is 45.2. The number of aliphatic hydroxyl groups is 2. The van der Waals surface area contributed by atoms with Gasteiger partial charge in [0.15, 0.2) is 6.10 Å². The van der Waals surface area contributed by atoms with E-state index in [0.29, 0.717) is 19.3 Å². The molecule has 0 saturated carbocycles. The smallest absolute Gasteiger partial charge is 0.463 e. The number of carbonyl (C=O) groups excluding carboxylic acids is 3. The van der Waals surface area contributed by atoms with Crippen LogP contribution in [-0.4, -0.2) is 95.9 Å². The van der Waals surface area contributed by atoms with E-state index in [1.165, 1.54) is 154 Å². The lowest BCUT2D eigenvalue weighted by Crippen LogP contribution is -2.30. The lowest BCUT2D eigenvalue weighted by Gasteiger charge is -2.21. The third-order valence-corrected chi connectivity index (χ3v) is 17.8. The molecule has 0 amide bonds. The number of esters is 3. The minimum absolute atomic E-state index is 0.0954. The third kappa shape index (κ3) is 70.1. The Balaban J connectivity index is 4.28. The molecule has 0 aromatic rings. The van der Waals surface area contributed by atoms with E-state index >= 15 is 0 Å². The molecule has 16 nitrogen and oxygen atoms in total. The lowest BCUT2D eigenvalue weighted by atomic mass is 10.0. The quantitative estimate of drug-likeness (QED) is 0.0146. The summed E-state index contributed by atoms with van der Waals surface area (Å²) < 4.78 is 60.8. The summed E-state index contributed by atoms with van der Waals surface area (Å²) >= 11 is 0. The summed E-state index contributed by atoms with van der Waals surface area (Å²) in [4.78, 5) is 58.3. The molecular formula is C75H136O16P2. The first-order valence-electron chi connectivity index (χ1n) is 37.2. The van der Waals surface area contributed by atoms with E-state index in [2.05, 4.69) is 93.7 Å². The SMILES string of the molecule is CCCC/C=C\CCCCCCCC(=O)OC(COC(=O)CCCCCCC/C=C\CCCCCC)COP(=O)(O)OCC(O)COP(=O)(O)OCC(O)COC(=O)CCCCCCCCCCCCCCCCCCC/C=C\C/C=C\C/C=C\C/C=C\CCCCC. The summed E-state index contributed by atoms with van der Waals surface area (Å²) in [6.07, 6.45) is 74.2. The van der Waals surface area contributed by atoms with Gasteiger partial charge in [0.25, 0.3) is 0 Å². The molecule has 0 spiro atoms. The average Bonchev–Trinajstić information content (AvgIpc) is 3.29. The summed E-state index contributed by atoms with van der Waals surface area (Å²) in [5, 5.41) is 20.6. The topological polar surface area (TPSA) is 231 Å². The monoisotopic (exact) mass is 1350 g/mol. The number of allylic oxidation sites excluding steroid dienone is 12. The molecule has 542 valence electrons. The number of hydrogen-bond acceptors (Lipinski definition) is 14. The van der Waals surface area contributed by atoms with Gasteiger partial charge in [0.1, 0.15) is 25.4 Å². The number of phosphoric ester groups is 2. The number of hydrogen-bond donors (Lipinski definition) is 4. The summed E-state index contributed by atoms with van der Waals surface area (Å²) in [5.41, 5.74) is 0. The normalized spacial score (nSPS) is 14.5. The molecule has 0 aliphatic carbocycles. The molecule has 0 bridgehead atoms. The van der Waals surface area contributed by atoms with Crippen LogP contribution in [0, 0.1) is 0 Å². The lowest BCUT2D eigenvalue weighted by molar-refractivity contribution is -0.161. The van der Waals surface area contributed by atoms with Crippen LogP contribution in [0.25, 0.3) is 0 Å². The number of carbonyl (C=O) groups is 3. The molecule has 4 N–H and O–H groups in total. The number of phosphoric acid groups is 2. The van der Waals surface area contributed by atoms with Gasteiger partial charge in [0.05, 0.1) is 26.4 Å². The van der Waals surface area contributed by atoms with E-state index in [0.717, 1.165) is 116 Å². The van der Waals surface area contributed by atoms with E-state index in [4.69, 9.17) is 32.3 Å². The Kier molecular flexibility index (Phi) is 66.7. The van der Waals surface area contributed by atoms with Gasteiger partial charge in [0, 0.05) is 19.3 Å². The van der Waals surface area contributed by atoms with Gasteiger partial charge in [-0.2, -0.15) is 0 Å². The minimum atomic E-state index is -4.92. The summed E-state index contributed by atoms with van der Waals surface area (Å²) in [6.45, 7) is 2.59. The highest BCUT2D eigenvalue weighted by Crippen LogP contribution is 2.45. The van der Waals surface area contributed by atoms with Crippen LogP contribution in [0.15, 0.2) is 72.9 Å². The fourth-order valence-electron chi connectivity index (χ4n) is 10.1. The molecule has 0 heterocycles. The maximum Gasteiger partial charge on any atom is 0.472 e.